The molecule has 3 fully saturated rings. The molecule has 3 aliphatic carbocycles. The van der Waals surface area contributed by atoms with Crippen molar-refractivity contribution in [2.75, 3.05) is 5.32 Å². The number of pyridine rings is 1. The van der Waals surface area contributed by atoms with Crippen LogP contribution in [-0.2, 0) is 4.79 Å². The lowest BCUT2D eigenvalue weighted by Gasteiger charge is -2.29. The van der Waals surface area contributed by atoms with Crippen molar-refractivity contribution >= 4 is 17.5 Å². The molecule has 1 unspecified atom stereocenters. The Morgan fingerprint density at radius 3 is 2.59 bits per heavy atom. The van der Waals surface area contributed by atoms with Crippen LogP contribution in [-0.4, -0.2) is 43.8 Å². The summed E-state index contributed by atoms with van der Waals surface area (Å²) in [5.41, 5.74) is 1.77. The number of fused-ring (bicyclic) bond motifs is 1. The maximum atomic E-state index is 13.1. The van der Waals surface area contributed by atoms with Gasteiger partial charge in [0.25, 0.3) is 5.92 Å². The minimum absolute atomic E-state index is 0.0454. The average molecular weight is 405 g/mol. The second-order valence-electron chi connectivity index (χ2n) is 8.66. The maximum absolute atomic E-state index is 13.1. The molecule has 3 aliphatic rings. The van der Waals surface area contributed by atoms with Gasteiger partial charge in [-0.3, -0.25) is 4.79 Å². The Morgan fingerprint density at radius 1 is 1.21 bits per heavy atom. The lowest BCUT2D eigenvalue weighted by molar-refractivity contribution is -0.125. The van der Waals surface area contributed by atoms with E-state index in [2.05, 4.69) is 20.7 Å². The summed E-state index contributed by atoms with van der Waals surface area (Å²) in [5, 5.41) is 20.4. The van der Waals surface area contributed by atoms with Crippen molar-refractivity contribution < 1.29 is 18.7 Å². The highest BCUT2D eigenvalue weighted by molar-refractivity contribution is 5.83. The summed E-state index contributed by atoms with van der Waals surface area (Å²) >= 11 is 0. The lowest BCUT2D eigenvalue weighted by Crippen LogP contribution is -2.39. The minimum Gasteiger partial charge on any atom is -0.373 e. The quantitative estimate of drug-likeness (QED) is 0.643. The van der Waals surface area contributed by atoms with Gasteiger partial charge in [0.05, 0.1) is 0 Å². The second kappa shape index (κ2) is 6.90. The van der Waals surface area contributed by atoms with Crippen LogP contribution in [0.4, 0.5) is 14.7 Å². The molecule has 0 spiro atoms. The third kappa shape index (κ3) is 3.80. The van der Waals surface area contributed by atoms with E-state index in [9.17, 15) is 18.7 Å². The van der Waals surface area contributed by atoms with E-state index in [0.29, 0.717) is 5.95 Å². The monoisotopic (exact) mass is 405 g/mol. The van der Waals surface area contributed by atoms with E-state index in [1.54, 1.807) is 0 Å². The smallest absolute Gasteiger partial charge is 0.260 e. The van der Waals surface area contributed by atoms with Crippen molar-refractivity contribution in [2.45, 2.75) is 69.1 Å². The highest BCUT2D eigenvalue weighted by Gasteiger charge is 2.61. The van der Waals surface area contributed by atoms with Gasteiger partial charge < -0.3 is 15.7 Å². The van der Waals surface area contributed by atoms with Gasteiger partial charge in [0, 0.05) is 30.0 Å². The molecule has 0 saturated heterocycles. The number of nitrogens with one attached hydrogen (secondary N) is 2. The fourth-order valence-electron chi connectivity index (χ4n) is 4.29. The van der Waals surface area contributed by atoms with Crippen LogP contribution in [0.15, 0.2) is 18.2 Å². The zero-order chi connectivity index (χ0) is 20.2. The first-order valence-corrected chi connectivity index (χ1v) is 10.4. The number of aliphatic hydroxyl groups is 1. The summed E-state index contributed by atoms with van der Waals surface area (Å²) in [6.07, 6.45) is 4.30. The summed E-state index contributed by atoms with van der Waals surface area (Å²) in [7, 11) is 0. The number of amides is 1. The van der Waals surface area contributed by atoms with Gasteiger partial charge in [-0.25, -0.2) is 13.3 Å². The van der Waals surface area contributed by atoms with E-state index < -0.39 is 24.0 Å². The number of aliphatic hydroxyl groups excluding tert-OH is 1. The van der Waals surface area contributed by atoms with E-state index in [1.807, 2.05) is 22.7 Å². The SMILES string of the molecule is O=C(NC1CCC(c2cccc3nc(NC(O)C4CC4)nn23)CC1)[C@@H]1CC1(F)F. The highest BCUT2D eigenvalue weighted by atomic mass is 19.3. The van der Waals surface area contributed by atoms with Crippen molar-refractivity contribution in [2.24, 2.45) is 11.8 Å². The fourth-order valence-corrected chi connectivity index (χ4v) is 4.29. The molecular formula is C20H25F2N5O2. The van der Waals surface area contributed by atoms with Crippen LogP contribution in [0.1, 0.15) is 56.6 Å². The molecule has 0 radical (unpaired) electrons. The van der Waals surface area contributed by atoms with E-state index in [1.165, 1.54) is 0 Å². The highest BCUT2D eigenvalue weighted by Crippen LogP contribution is 2.48. The zero-order valence-corrected chi connectivity index (χ0v) is 16.0. The number of anilines is 1. The Morgan fingerprint density at radius 2 is 1.93 bits per heavy atom. The van der Waals surface area contributed by atoms with Gasteiger partial charge in [-0.15, -0.1) is 5.10 Å². The van der Waals surface area contributed by atoms with Gasteiger partial charge in [0.2, 0.25) is 11.9 Å². The Bertz CT molecular complexity index is 921. The number of carbonyl (C=O) groups excluding carboxylic acids is 1. The number of aromatic nitrogens is 3. The first-order valence-electron chi connectivity index (χ1n) is 10.4. The van der Waals surface area contributed by atoms with Crippen LogP contribution in [0.2, 0.25) is 0 Å². The molecule has 0 aliphatic heterocycles. The number of hydrogen-bond donors (Lipinski definition) is 3. The summed E-state index contributed by atoms with van der Waals surface area (Å²) in [4.78, 5) is 16.4. The molecule has 7 nitrogen and oxygen atoms in total. The van der Waals surface area contributed by atoms with Gasteiger partial charge in [-0.1, -0.05) is 6.07 Å². The van der Waals surface area contributed by atoms with Crippen molar-refractivity contribution in [3.8, 4) is 0 Å². The molecule has 5 rings (SSSR count). The van der Waals surface area contributed by atoms with E-state index in [-0.39, 0.29) is 24.3 Å². The van der Waals surface area contributed by atoms with Crippen molar-refractivity contribution in [3.05, 3.63) is 23.9 Å². The number of nitrogens with zero attached hydrogens (tertiary/aromatic N) is 3. The number of halogens is 2. The van der Waals surface area contributed by atoms with Crippen LogP contribution >= 0.6 is 0 Å². The summed E-state index contributed by atoms with van der Waals surface area (Å²) in [5.74, 6) is -3.51. The average Bonchev–Trinajstić information content (AvgIpc) is 3.59. The van der Waals surface area contributed by atoms with Crippen molar-refractivity contribution in [1.82, 2.24) is 19.9 Å². The van der Waals surface area contributed by atoms with Gasteiger partial charge in [-0.2, -0.15) is 4.98 Å². The molecule has 2 atom stereocenters. The molecule has 0 aromatic carbocycles. The molecule has 0 bridgehead atoms. The van der Waals surface area contributed by atoms with E-state index in [4.69, 9.17) is 0 Å². The topological polar surface area (TPSA) is 91.5 Å². The first-order chi connectivity index (χ1) is 13.9. The number of rotatable bonds is 6. The molecule has 2 heterocycles. The Hall–Kier alpha value is -2.29. The molecule has 1 amide bonds. The number of hydrogen-bond acceptors (Lipinski definition) is 5. The van der Waals surface area contributed by atoms with Crippen LogP contribution in [0, 0.1) is 11.8 Å². The van der Waals surface area contributed by atoms with Gasteiger partial charge >= 0.3 is 0 Å². The molecule has 3 N–H and O–H groups in total. The van der Waals surface area contributed by atoms with Gasteiger partial charge in [0.1, 0.15) is 12.1 Å². The minimum atomic E-state index is -2.82. The standard InChI is InChI=1S/C20H25F2N5O2/c21-20(22)10-14(20)18(29)23-13-8-6-11(7-9-13)15-2-1-3-16-24-19(26-27(15)16)25-17(28)12-4-5-12/h1-3,11-14,17,28H,4-10H2,(H,23,29)(H,25,26)/t11?,13?,14-,17?/m0/s1. The third-order valence-corrected chi connectivity index (χ3v) is 6.37. The summed E-state index contributed by atoms with van der Waals surface area (Å²) in [6, 6.07) is 5.81. The normalized spacial score (nSPS) is 29.4. The third-order valence-electron chi connectivity index (χ3n) is 6.37. The summed E-state index contributed by atoms with van der Waals surface area (Å²) < 4.78 is 27.9. The van der Waals surface area contributed by atoms with Gasteiger partial charge in [-0.05, 0) is 50.7 Å². The zero-order valence-electron chi connectivity index (χ0n) is 16.0. The lowest BCUT2D eigenvalue weighted by atomic mass is 9.83. The largest absolute Gasteiger partial charge is 0.373 e. The van der Waals surface area contributed by atoms with Gasteiger partial charge in [0.15, 0.2) is 5.65 Å². The van der Waals surface area contributed by atoms with Crippen LogP contribution in [0.3, 0.4) is 0 Å². The Balaban J connectivity index is 1.23. The predicted octanol–water partition coefficient (Wildman–Crippen LogP) is 2.67. The van der Waals surface area contributed by atoms with Crippen molar-refractivity contribution in [3.63, 3.8) is 0 Å². The first kappa shape index (κ1) is 18.7. The second-order valence-corrected chi connectivity index (χ2v) is 8.66. The number of carbonyl (C=O) groups is 1. The molecule has 2 aromatic rings. The molecule has 156 valence electrons. The van der Waals surface area contributed by atoms with Crippen LogP contribution in [0.5, 0.6) is 0 Å². The molecule has 9 heteroatoms. The number of alkyl halides is 2. The van der Waals surface area contributed by atoms with E-state index >= 15 is 0 Å². The van der Waals surface area contributed by atoms with E-state index in [0.717, 1.165) is 49.9 Å². The molecule has 29 heavy (non-hydrogen) atoms. The fraction of sp³-hybridized carbons (Fsp3) is 0.650. The van der Waals surface area contributed by atoms with Crippen molar-refractivity contribution in [1.29, 1.82) is 0 Å². The molecule has 3 saturated carbocycles. The molecule has 2 aromatic heterocycles. The predicted molar refractivity (Wildman–Crippen MR) is 102 cm³/mol. The summed E-state index contributed by atoms with van der Waals surface area (Å²) in [6.45, 7) is 0. The maximum Gasteiger partial charge on any atom is 0.260 e. The van der Waals surface area contributed by atoms with Crippen LogP contribution < -0.4 is 10.6 Å². The Labute approximate surface area is 166 Å². The van der Waals surface area contributed by atoms with Crippen LogP contribution in [0.25, 0.3) is 5.65 Å². The molecular weight excluding hydrogens is 380 g/mol. The Kier molecular flexibility index (Phi) is 4.45.